The molecule has 20 heavy (non-hydrogen) atoms. The topological polar surface area (TPSA) is 32.3 Å². The van der Waals surface area contributed by atoms with Gasteiger partial charge in [-0.05, 0) is 55.3 Å². The van der Waals surface area contributed by atoms with Crippen molar-refractivity contribution in [1.82, 2.24) is 5.32 Å². The minimum Gasteiger partial charge on any atom is -0.396 e. The van der Waals surface area contributed by atoms with Gasteiger partial charge >= 0.3 is 0 Å². The number of aliphatic hydroxyl groups excluding tert-OH is 1. The van der Waals surface area contributed by atoms with Crippen molar-refractivity contribution >= 4 is 23.2 Å². The first-order chi connectivity index (χ1) is 9.65. The second-order valence-corrected chi connectivity index (χ2v) is 6.51. The van der Waals surface area contributed by atoms with Crippen LogP contribution in [0.1, 0.15) is 44.2 Å². The Kier molecular flexibility index (Phi) is 6.16. The van der Waals surface area contributed by atoms with E-state index in [0.717, 1.165) is 30.0 Å². The largest absolute Gasteiger partial charge is 0.396 e. The van der Waals surface area contributed by atoms with Gasteiger partial charge in [-0.15, -0.1) is 0 Å². The van der Waals surface area contributed by atoms with Gasteiger partial charge in [0, 0.05) is 22.7 Å². The second-order valence-electron chi connectivity index (χ2n) is 5.67. The molecule has 1 aliphatic rings. The van der Waals surface area contributed by atoms with Crippen LogP contribution in [0.2, 0.25) is 10.0 Å². The molecule has 3 unspecified atom stereocenters. The lowest BCUT2D eigenvalue weighted by molar-refractivity contribution is 0.190. The van der Waals surface area contributed by atoms with Gasteiger partial charge in [-0.1, -0.05) is 42.6 Å². The molecule has 1 saturated carbocycles. The fraction of sp³-hybridized carbons (Fsp3) is 0.625. The molecular weight excluding hydrogens is 293 g/mol. The first kappa shape index (κ1) is 16.1. The van der Waals surface area contributed by atoms with Crippen LogP contribution in [0.15, 0.2) is 18.2 Å². The molecule has 112 valence electrons. The average molecular weight is 316 g/mol. The zero-order valence-corrected chi connectivity index (χ0v) is 13.4. The Morgan fingerprint density at radius 3 is 2.70 bits per heavy atom. The van der Waals surface area contributed by atoms with Crippen LogP contribution >= 0.6 is 23.2 Å². The maximum atomic E-state index is 9.39. The molecule has 2 nitrogen and oxygen atoms in total. The molecule has 1 fully saturated rings. The summed E-state index contributed by atoms with van der Waals surface area (Å²) in [7, 11) is 0. The van der Waals surface area contributed by atoms with E-state index >= 15 is 0 Å². The summed E-state index contributed by atoms with van der Waals surface area (Å²) in [5.41, 5.74) is 1.11. The highest BCUT2D eigenvalue weighted by molar-refractivity contribution is 6.35. The molecule has 0 amide bonds. The fourth-order valence-corrected chi connectivity index (χ4v) is 3.71. The number of nitrogens with one attached hydrogen (secondary N) is 1. The summed E-state index contributed by atoms with van der Waals surface area (Å²) in [6, 6.07) is 5.94. The molecule has 1 aliphatic carbocycles. The van der Waals surface area contributed by atoms with Crippen LogP contribution < -0.4 is 5.32 Å². The van der Waals surface area contributed by atoms with Crippen molar-refractivity contribution in [2.45, 2.75) is 38.6 Å². The van der Waals surface area contributed by atoms with Crippen LogP contribution in [0.4, 0.5) is 0 Å². The summed E-state index contributed by atoms with van der Waals surface area (Å²) in [4.78, 5) is 0. The van der Waals surface area contributed by atoms with Crippen molar-refractivity contribution in [2.75, 3.05) is 13.2 Å². The van der Waals surface area contributed by atoms with E-state index in [2.05, 4.69) is 12.2 Å². The quantitative estimate of drug-likeness (QED) is 0.813. The fourth-order valence-electron chi connectivity index (χ4n) is 3.17. The predicted molar refractivity (Wildman–Crippen MR) is 85.4 cm³/mol. The highest BCUT2D eigenvalue weighted by Crippen LogP contribution is 2.32. The van der Waals surface area contributed by atoms with Crippen LogP contribution in [0.3, 0.4) is 0 Å². The Morgan fingerprint density at radius 1 is 1.30 bits per heavy atom. The predicted octanol–water partition coefficient (Wildman–Crippen LogP) is 4.44. The van der Waals surface area contributed by atoms with Crippen LogP contribution in [-0.2, 0) is 0 Å². The Balaban J connectivity index is 1.98. The van der Waals surface area contributed by atoms with Gasteiger partial charge in [-0.2, -0.15) is 0 Å². The van der Waals surface area contributed by atoms with E-state index < -0.39 is 0 Å². The first-order valence-electron chi connectivity index (χ1n) is 7.44. The van der Waals surface area contributed by atoms with Gasteiger partial charge in [0.05, 0.1) is 0 Å². The van der Waals surface area contributed by atoms with E-state index in [0.29, 0.717) is 23.5 Å². The van der Waals surface area contributed by atoms with E-state index in [4.69, 9.17) is 23.2 Å². The highest BCUT2D eigenvalue weighted by atomic mass is 35.5. The molecule has 3 atom stereocenters. The minimum absolute atomic E-state index is 0.250. The van der Waals surface area contributed by atoms with Gasteiger partial charge in [0.25, 0.3) is 0 Å². The average Bonchev–Trinajstić information content (AvgIpc) is 2.88. The number of hydrogen-bond donors (Lipinski definition) is 2. The van der Waals surface area contributed by atoms with Gasteiger partial charge in [0.1, 0.15) is 0 Å². The number of hydrogen-bond acceptors (Lipinski definition) is 2. The van der Waals surface area contributed by atoms with Crippen molar-refractivity contribution in [3.8, 4) is 0 Å². The zero-order valence-electron chi connectivity index (χ0n) is 11.9. The second kappa shape index (κ2) is 7.65. The molecule has 4 heteroatoms. The molecule has 0 spiro atoms. The standard InChI is InChI=1S/C16H23Cl2NO/c1-2-16(14-7-6-13(17)8-15(14)18)19-9-11-4-3-5-12(11)10-20/h6-8,11-12,16,19-20H,2-5,9-10H2,1H3. The molecule has 0 aromatic heterocycles. The molecule has 1 aromatic carbocycles. The summed E-state index contributed by atoms with van der Waals surface area (Å²) < 4.78 is 0. The number of aliphatic hydroxyl groups is 1. The summed E-state index contributed by atoms with van der Waals surface area (Å²) in [5.74, 6) is 1.04. The van der Waals surface area contributed by atoms with Crippen LogP contribution in [0.5, 0.6) is 0 Å². The Bertz CT molecular complexity index is 438. The van der Waals surface area contributed by atoms with Gasteiger partial charge in [0.15, 0.2) is 0 Å². The van der Waals surface area contributed by atoms with E-state index in [-0.39, 0.29) is 6.04 Å². The van der Waals surface area contributed by atoms with Gasteiger partial charge in [-0.25, -0.2) is 0 Å². The molecule has 0 heterocycles. The molecule has 0 aliphatic heterocycles. The molecule has 0 radical (unpaired) electrons. The summed E-state index contributed by atoms with van der Waals surface area (Å²) in [5, 5.41) is 14.4. The van der Waals surface area contributed by atoms with Crippen molar-refractivity contribution < 1.29 is 5.11 Å². The zero-order chi connectivity index (χ0) is 14.5. The summed E-state index contributed by atoms with van der Waals surface area (Å²) in [6.07, 6.45) is 4.58. The van der Waals surface area contributed by atoms with E-state index in [1.807, 2.05) is 12.1 Å². The molecule has 2 N–H and O–H groups in total. The summed E-state index contributed by atoms with van der Waals surface area (Å²) >= 11 is 12.2. The lowest BCUT2D eigenvalue weighted by Crippen LogP contribution is -2.30. The van der Waals surface area contributed by atoms with E-state index in [1.165, 1.54) is 12.8 Å². The molecule has 0 saturated heterocycles. The third kappa shape index (κ3) is 3.88. The van der Waals surface area contributed by atoms with Crippen molar-refractivity contribution in [1.29, 1.82) is 0 Å². The van der Waals surface area contributed by atoms with Crippen molar-refractivity contribution in [3.05, 3.63) is 33.8 Å². The van der Waals surface area contributed by atoms with Gasteiger partial charge in [-0.3, -0.25) is 0 Å². The maximum absolute atomic E-state index is 9.39. The normalized spacial score (nSPS) is 24.0. The van der Waals surface area contributed by atoms with Crippen molar-refractivity contribution in [3.63, 3.8) is 0 Å². The number of halogens is 2. The van der Waals surface area contributed by atoms with Gasteiger partial charge < -0.3 is 10.4 Å². The van der Waals surface area contributed by atoms with Crippen LogP contribution in [0.25, 0.3) is 0 Å². The Morgan fingerprint density at radius 2 is 2.05 bits per heavy atom. The SMILES string of the molecule is CCC(NCC1CCCC1CO)c1ccc(Cl)cc1Cl. The minimum atomic E-state index is 0.250. The smallest absolute Gasteiger partial charge is 0.0468 e. The van der Waals surface area contributed by atoms with E-state index in [9.17, 15) is 5.11 Å². The number of rotatable bonds is 6. The summed E-state index contributed by atoms with van der Waals surface area (Å²) in [6.45, 7) is 3.41. The van der Waals surface area contributed by atoms with E-state index in [1.54, 1.807) is 6.07 Å². The molecular formula is C16H23Cl2NO. The number of benzene rings is 1. The van der Waals surface area contributed by atoms with Crippen LogP contribution in [-0.4, -0.2) is 18.3 Å². The third-order valence-electron chi connectivity index (χ3n) is 4.42. The third-order valence-corrected chi connectivity index (χ3v) is 4.99. The molecule has 1 aromatic rings. The maximum Gasteiger partial charge on any atom is 0.0468 e. The first-order valence-corrected chi connectivity index (χ1v) is 8.20. The van der Waals surface area contributed by atoms with Crippen LogP contribution in [0, 0.1) is 11.8 Å². The highest BCUT2D eigenvalue weighted by Gasteiger charge is 2.27. The molecule has 0 bridgehead atoms. The van der Waals surface area contributed by atoms with Gasteiger partial charge in [0.2, 0.25) is 0 Å². The van der Waals surface area contributed by atoms with Crippen molar-refractivity contribution in [2.24, 2.45) is 11.8 Å². The Labute approximate surface area is 131 Å². The molecule has 2 rings (SSSR count). The lowest BCUT2D eigenvalue weighted by Gasteiger charge is -2.24. The Hall–Kier alpha value is -0.280. The lowest BCUT2D eigenvalue weighted by atomic mass is 9.95. The monoisotopic (exact) mass is 315 g/mol.